The van der Waals surface area contributed by atoms with Crippen LogP contribution in [0.2, 0.25) is 0 Å². The lowest BCUT2D eigenvalue weighted by Gasteiger charge is -2.38. The molecule has 0 radical (unpaired) electrons. The van der Waals surface area contributed by atoms with Crippen LogP contribution in [-0.4, -0.2) is 34.6 Å². The third-order valence-corrected chi connectivity index (χ3v) is 4.73. The average molecular weight is 378 g/mol. The fraction of sp³-hybridized carbons (Fsp3) is 0.350. The van der Waals surface area contributed by atoms with Crippen molar-refractivity contribution in [2.24, 2.45) is 0 Å². The second-order valence-electron chi connectivity index (χ2n) is 6.81. The molecule has 1 aliphatic heterocycles. The van der Waals surface area contributed by atoms with Gasteiger partial charge in [-0.1, -0.05) is 24.3 Å². The van der Waals surface area contributed by atoms with Gasteiger partial charge in [-0.25, -0.2) is 13.2 Å². The van der Waals surface area contributed by atoms with Crippen LogP contribution in [0.3, 0.4) is 0 Å². The summed E-state index contributed by atoms with van der Waals surface area (Å²) < 4.78 is 40.5. The first-order valence-corrected chi connectivity index (χ1v) is 8.79. The number of nitrogens with zero attached hydrogens (tertiary/aromatic N) is 1. The Hall–Kier alpha value is -2.38. The Balaban J connectivity index is 1.63. The van der Waals surface area contributed by atoms with Gasteiger partial charge in [0.25, 0.3) is 5.91 Å². The maximum absolute atomic E-state index is 13.9. The summed E-state index contributed by atoms with van der Waals surface area (Å²) in [6, 6.07) is 9.85. The van der Waals surface area contributed by atoms with Crippen molar-refractivity contribution in [1.29, 1.82) is 0 Å². The first kappa shape index (κ1) is 19.4. The number of amides is 1. The van der Waals surface area contributed by atoms with Crippen LogP contribution in [0, 0.1) is 17.5 Å². The largest absolute Gasteiger partial charge is 0.379 e. The maximum atomic E-state index is 13.9. The number of piperidine rings is 1. The molecular formula is C20H21F3N2O2. The molecule has 0 unspecified atom stereocenters. The van der Waals surface area contributed by atoms with E-state index in [1.54, 1.807) is 12.1 Å². The molecule has 1 amide bonds. The van der Waals surface area contributed by atoms with Gasteiger partial charge < -0.3 is 15.3 Å². The summed E-state index contributed by atoms with van der Waals surface area (Å²) in [6.45, 7) is 0.548. The van der Waals surface area contributed by atoms with Gasteiger partial charge in [-0.05, 0) is 36.6 Å². The lowest BCUT2D eigenvalue weighted by molar-refractivity contribution is -0.157. The van der Waals surface area contributed by atoms with Gasteiger partial charge in [-0.2, -0.15) is 0 Å². The molecule has 1 fully saturated rings. The first-order valence-electron chi connectivity index (χ1n) is 8.79. The van der Waals surface area contributed by atoms with Crippen LogP contribution in [0.15, 0.2) is 42.5 Å². The molecule has 27 heavy (non-hydrogen) atoms. The van der Waals surface area contributed by atoms with Crippen molar-refractivity contribution >= 4 is 5.91 Å². The van der Waals surface area contributed by atoms with E-state index < -0.39 is 23.1 Å². The Morgan fingerprint density at radius 3 is 2.70 bits per heavy atom. The van der Waals surface area contributed by atoms with Gasteiger partial charge in [0, 0.05) is 31.7 Å². The number of halogens is 3. The number of likely N-dealkylation sites (tertiary alicyclic amines) is 1. The number of carbonyl (C=O) groups excluding carboxylic acids is 1. The smallest absolute Gasteiger partial charge is 0.256 e. The van der Waals surface area contributed by atoms with Gasteiger partial charge >= 0.3 is 0 Å². The number of rotatable bonds is 6. The quantitative estimate of drug-likeness (QED) is 0.813. The highest BCUT2D eigenvalue weighted by Gasteiger charge is 2.41. The highest BCUT2D eigenvalue weighted by Crippen LogP contribution is 2.25. The fourth-order valence-corrected chi connectivity index (χ4v) is 3.32. The van der Waals surface area contributed by atoms with Crippen LogP contribution in [0.1, 0.15) is 24.0 Å². The Kier molecular flexibility index (Phi) is 5.82. The van der Waals surface area contributed by atoms with E-state index in [0.717, 1.165) is 6.07 Å². The minimum absolute atomic E-state index is 0.00944. The molecule has 2 N–H and O–H groups in total. The highest BCUT2D eigenvalue weighted by molar-refractivity contribution is 5.86. The molecule has 2 aromatic carbocycles. The number of carbonyl (C=O) groups is 1. The minimum Gasteiger partial charge on any atom is -0.379 e. The molecule has 7 heteroatoms. The summed E-state index contributed by atoms with van der Waals surface area (Å²) in [4.78, 5) is 14.0. The number of aliphatic hydroxyl groups is 1. The van der Waals surface area contributed by atoms with Crippen molar-refractivity contribution in [2.75, 3.05) is 13.1 Å². The van der Waals surface area contributed by atoms with E-state index in [0.29, 0.717) is 25.1 Å². The molecule has 4 nitrogen and oxygen atoms in total. The summed E-state index contributed by atoms with van der Waals surface area (Å²) in [7, 11) is 0. The van der Waals surface area contributed by atoms with Crippen LogP contribution >= 0.6 is 0 Å². The molecule has 0 aromatic heterocycles. The summed E-state index contributed by atoms with van der Waals surface area (Å²) in [6.07, 6.45) is 0.810. The van der Waals surface area contributed by atoms with Gasteiger partial charge in [0.2, 0.25) is 0 Å². The van der Waals surface area contributed by atoms with Crippen LogP contribution in [-0.2, 0) is 17.9 Å². The third kappa shape index (κ3) is 4.48. The monoisotopic (exact) mass is 378 g/mol. The molecule has 144 valence electrons. The molecule has 1 aliphatic rings. The molecule has 2 aromatic rings. The molecule has 3 rings (SSSR count). The van der Waals surface area contributed by atoms with Crippen molar-refractivity contribution in [3.63, 3.8) is 0 Å². The molecule has 1 heterocycles. The Labute approximate surface area is 155 Å². The van der Waals surface area contributed by atoms with E-state index in [1.165, 1.54) is 29.2 Å². The van der Waals surface area contributed by atoms with Gasteiger partial charge in [-0.15, -0.1) is 0 Å². The summed E-state index contributed by atoms with van der Waals surface area (Å²) in [5.74, 6) is -2.83. The Morgan fingerprint density at radius 2 is 1.93 bits per heavy atom. The van der Waals surface area contributed by atoms with Gasteiger partial charge in [0.05, 0.1) is 0 Å². The van der Waals surface area contributed by atoms with Gasteiger partial charge in [0.15, 0.2) is 17.2 Å². The van der Waals surface area contributed by atoms with Crippen LogP contribution in [0.5, 0.6) is 0 Å². The first-order chi connectivity index (χ1) is 12.9. The average Bonchev–Trinajstić information content (AvgIpc) is 2.63. The van der Waals surface area contributed by atoms with E-state index in [2.05, 4.69) is 5.32 Å². The lowest BCUT2D eigenvalue weighted by atomic mass is 9.91. The standard InChI is InChI=1S/C20H21F3N2O2/c21-16-6-1-4-14(10-16)11-24-13-20(27)8-3-9-25(19(20)26)12-15-5-2-7-17(22)18(15)23/h1-2,4-7,10,24,27H,3,8-9,11-13H2/t20-/m1/s1. The van der Waals surface area contributed by atoms with E-state index in [1.807, 2.05) is 0 Å². The summed E-state index contributed by atoms with van der Waals surface area (Å²) in [5.41, 5.74) is -0.865. The Morgan fingerprint density at radius 1 is 1.15 bits per heavy atom. The van der Waals surface area contributed by atoms with E-state index in [9.17, 15) is 23.1 Å². The maximum Gasteiger partial charge on any atom is 0.256 e. The fourth-order valence-electron chi connectivity index (χ4n) is 3.32. The second-order valence-corrected chi connectivity index (χ2v) is 6.81. The van der Waals surface area contributed by atoms with Crippen LogP contribution in [0.25, 0.3) is 0 Å². The minimum atomic E-state index is -1.63. The van der Waals surface area contributed by atoms with Crippen molar-refractivity contribution in [1.82, 2.24) is 10.2 Å². The summed E-state index contributed by atoms with van der Waals surface area (Å²) in [5, 5.41) is 13.7. The van der Waals surface area contributed by atoms with Gasteiger partial charge in [-0.3, -0.25) is 4.79 Å². The molecule has 0 saturated carbocycles. The molecule has 0 aliphatic carbocycles. The zero-order valence-electron chi connectivity index (χ0n) is 14.7. The summed E-state index contributed by atoms with van der Waals surface area (Å²) >= 11 is 0. The predicted octanol–water partition coefficient (Wildman–Crippen LogP) is 2.75. The van der Waals surface area contributed by atoms with Crippen molar-refractivity contribution in [3.8, 4) is 0 Å². The number of hydrogen-bond acceptors (Lipinski definition) is 3. The SMILES string of the molecule is O=C1N(Cc2cccc(F)c2F)CCC[C@@]1(O)CNCc1cccc(F)c1. The lowest BCUT2D eigenvalue weighted by Crippen LogP contribution is -2.57. The second kappa shape index (κ2) is 8.10. The highest BCUT2D eigenvalue weighted by atomic mass is 19.2. The molecule has 0 bridgehead atoms. The predicted molar refractivity (Wildman–Crippen MR) is 94.1 cm³/mol. The molecular weight excluding hydrogens is 357 g/mol. The van der Waals surface area contributed by atoms with Crippen molar-refractivity contribution < 1.29 is 23.1 Å². The van der Waals surface area contributed by atoms with E-state index >= 15 is 0 Å². The topological polar surface area (TPSA) is 52.6 Å². The zero-order chi connectivity index (χ0) is 19.4. The number of benzene rings is 2. The third-order valence-electron chi connectivity index (χ3n) is 4.73. The van der Waals surface area contributed by atoms with Crippen LogP contribution < -0.4 is 5.32 Å². The number of nitrogens with one attached hydrogen (secondary N) is 1. The number of hydrogen-bond donors (Lipinski definition) is 2. The zero-order valence-corrected chi connectivity index (χ0v) is 14.7. The molecule has 0 spiro atoms. The molecule has 1 saturated heterocycles. The van der Waals surface area contributed by atoms with Crippen molar-refractivity contribution in [3.05, 3.63) is 71.0 Å². The Bertz CT molecular complexity index is 831. The normalized spacial score (nSPS) is 20.1. The van der Waals surface area contributed by atoms with Crippen LogP contribution in [0.4, 0.5) is 13.2 Å². The van der Waals surface area contributed by atoms with Crippen molar-refractivity contribution in [2.45, 2.75) is 31.5 Å². The van der Waals surface area contributed by atoms with Gasteiger partial charge in [0.1, 0.15) is 5.82 Å². The van der Waals surface area contributed by atoms with E-state index in [4.69, 9.17) is 0 Å². The van der Waals surface area contributed by atoms with E-state index in [-0.39, 0.29) is 30.9 Å². The molecule has 1 atom stereocenters.